The molecule has 0 spiro atoms. The lowest BCUT2D eigenvalue weighted by atomic mass is 10.1. The van der Waals surface area contributed by atoms with Gasteiger partial charge in [-0.25, -0.2) is 9.97 Å². The molecule has 4 aromatic rings. The highest BCUT2D eigenvalue weighted by molar-refractivity contribution is 6.30. The van der Waals surface area contributed by atoms with Crippen LogP contribution in [0.2, 0.25) is 5.02 Å². The fourth-order valence-electron chi connectivity index (χ4n) is 4.76. The number of benzene rings is 2. The molecule has 2 aromatic carbocycles. The summed E-state index contributed by atoms with van der Waals surface area (Å²) < 4.78 is 0. The second-order valence-electron chi connectivity index (χ2n) is 9.79. The molecule has 1 aliphatic heterocycles. The van der Waals surface area contributed by atoms with Crippen molar-refractivity contribution in [3.8, 4) is 11.4 Å². The standard InChI is InChI=1S/C29H33ClN6O3/c30-22-10-8-20(9-11-22)5-4-12-35-13-15-36(16-14-35)29(39)25-17-24-27(31-18-23(38)19-37)33-26(34-28(24)32-25)21-6-2-1-3-7-21/h1-3,6-11,17,23,37-38H,4-5,12-16,18-19H2,(H2,31,32,33,34). The van der Waals surface area contributed by atoms with Gasteiger partial charge < -0.3 is 25.4 Å². The molecule has 9 nitrogen and oxygen atoms in total. The van der Waals surface area contributed by atoms with Gasteiger partial charge in [-0.15, -0.1) is 0 Å². The van der Waals surface area contributed by atoms with E-state index in [0.717, 1.165) is 43.1 Å². The number of hydrogen-bond donors (Lipinski definition) is 4. The van der Waals surface area contributed by atoms with Crippen LogP contribution in [0.4, 0.5) is 5.82 Å². The van der Waals surface area contributed by atoms with Gasteiger partial charge in [0, 0.05) is 43.3 Å². The van der Waals surface area contributed by atoms with E-state index in [9.17, 15) is 15.0 Å². The van der Waals surface area contributed by atoms with E-state index in [1.807, 2.05) is 47.4 Å². The quantitative estimate of drug-likeness (QED) is 0.240. The number of aromatic amines is 1. The molecular weight excluding hydrogens is 516 g/mol. The van der Waals surface area contributed by atoms with E-state index < -0.39 is 6.10 Å². The Morgan fingerprint density at radius 3 is 2.51 bits per heavy atom. The Hall–Kier alpha value is -3.50. The summed E-state index contributed by atoms with van der Waals surface area (Å²) in [7, 11) is 0. The molecule has 0 bridgehead atoms. The van der Waals surface area contributed by atoms with Crippen LogP contribution < -0.4 is 5.32 Å². The maximum Gasteiger partial charge on any atom is 0.270 e. The predicted molar refractivity (Wildman–Crippen MR) is 153 cm³/mol. The second-order valence-corrected chi connectivity index (χ2v) is 10.2. The highest BCUT2D eigenvalue weighted by Crippen LogP contribution is 2.26. The van der Waals surface area contributed by atoms with Gasteiger partial charge in [0.25, 0.3) is 5.91 Å². The number of halogens is 1. The van der Waals surface area contributed by atoms with Crippen LogP contribution in [0.15, 0.2) is 60.7 Å². The van der Waals surface area contributed by atoms with Crippen molar-refractivity contribution in [1.29, 1.82) is 0 Å². The van der Waals surface area contributed by atoms with Crippen molar-refractivity contribution in [2.75, 3.05) is 51.2 Å². The zero-order valence-corrected chi connectivity index (χ0v) is 22.4. The van der Waals surface area contributed by atoms with Crippen LogP contribution in [0.3, 0.4) is 0 Å². The number of carbonyl (C=O) groups excluding carboxylic acids is 1. The third-order valence-corrected chi connectivity index (χ3v) is 7.23. The van der Waals surface area contributed by atoms with Gasteiger partial charge in [-0.2, -0.15) is 0 Å². The van der Waals surface area contributed by atoms with Crippen LogP contribution in [0.1, 0.15) is 22.5 Å². The zero-order chi connectivity index (χ0) is 27.2. The fourth-order valence-corrected chi connectivity index (χ4v) is 4.88. The molecule has 204 valence electrons. The average molecular weight is 549 g/mol. The number of piperazine rings is 1. The first-order valence-corrected chi connectivity index (χ1v) is 13.6. The lowest BCUT2D eigenvalue weighted by molar-refractivity contribution is 0.0631. The van der Waals surface area contributed by atoms with Crippen molar-refractivity contribution in [3.63, 3.8) is 0 Å². The number of rotatable bonds is 10. The summed E-state index contributed by atoms with van der Waals surface area (Å²) in [4.78, 5) is 30.2. The molecule has 1 fully saturated rings. The molecule has 39 heavy (non-hydrogen) atoms. The lowest BCUT2D eigenvalue weighted by Gasteiger charge is -2.34. The van der Waals surface area contributed by atoms with Crippen LogP contribution in [0.5, 0.6) is 0 Å². The monoisotopic (exact) mass is 548 g/mol. The van der Waals surface area contributed by atoms with Gasteiger partial charge in [0.2, 0.25) is 0 Å². The first-order chi connectivity index (χ1) is 19.0. The molecule has 0 radical (unpaired) electrons. The summed E-state index contributed by atoms with van der Waals surface area (Å²) in [5, 5.41) is 23.6. The molecule has 1 atom stereocenters. The van der Waals surface area contributed by atoms with E-state index in [4.69, 9.17) is 11.6 Å². The van der Waals surface area contributed by atoms with E-state index in [-0.39, 0.29) is 19.1 Å². The number of hydrogen-bond acceptors (Lipinski definition) is 7. The van der Waals surface area contributed by atoms with Crippen molar-refractivity contribution in [1.82, 2.24) is 24.8 Å². The molecule has 10 heteroatoms. The van der Waals surface area contributed by atoms with Crippen molar-refractivity contribution >= 4 is 34.4 Å². The number of aliphatic hydroxyl groups is 2. The number of amides is 1. The molecule has 1 saturated heterocycles. The predicted octanol–water partition coefficient (Wildman–Crippen LogP) is 3.43. The fraction of sp³-hybridized carbons (Fsp3) is 0.345. The zero-order valence-electron chi connectivity index (χ0n) is 21.7. The molecule has 1 amide bonds. The van der Waals surface area contributed by atoms with Gasteiger partial charge in [-0.3, -0.25) is 9.69 Å². The Labute approximate surface area is 232 Å². The first-order valence-electron chi connectivity index (χ1n) is 13.2. The largest absolute Gasteiger partial charge is 0.394 e. The summed E-state index contributed by atoms with van der Waals surface area (Å²) in [6.07, 6.45) is 1.13. The topological polar surface area (TPSA) is 118 Å². The van der Waals surface area contributed by atoms with E-state index in [1.165, 1.54) is 5.56 Å². The van der Waals surface area contributed by atoms with Crippen LogP contribution in [-0.2, 0) is 6.42 Å². The lowest BCUT2D eigenvalue weighted by Crippen LogP contribution is -2.49. The number of anilines is 1. The Kier molecular flexibility index (Phi) is 8.73. The molecule has 2 aromatic heterocycles. The average Bonchev–Trinajstić information content (AvgIpc) is 3.42. The number of aromatic nitrogens is 3. The van der Waals surface area contributed by atoms with Crippen molar-refractivity contribution < 1.29 is 15.0 Å². The molecule has 1 unspecified atom stereocenters. The SMILES string of the molecule is O=C(c1cc2c(NCC(O)CO)nc(-c3ccccc3)nc2[nH]1)N1CCN(CCCc2ccc(Cl)cc2)CC1. The van der Waals surface area contributed by atoms with E-state index in [1.54, 1.807) is 6.07 Å². The summed E-state index contributed by atoms with van der Waals surface area (Å²) in [6.45, 7) is 3.71. The highest BCUT2D eigenvalue weighted by Gasteiger charge is 2.24. The Balaban J connectivity index is 1.25. The normalized spacial score (nSPS) is 15.0. The molecular formula is C29H33ClN6O3. The highest BCUT2D eigenvalue weighted by atomic mass is 35.5. The molecule has 3 heterocycles. The minimum Gasteiger partial charge on any atom is -0.394 e. The summed E-state index contributed by atoms with van der Waals surface area (Å²) in [5.74, 6) is 0.917. The summed E-state index contributed by atoms with van der Waals surface area (Å²) in [6, 6.07) is 19.3. The molecule has 4 N–H and O–H groups in total. The van der Waals surface area contributed by atoms with E-state index in [2.05, 4.69) is 37.3 Å². The van der Waals surface area contributed by atoms with E-state index >= 15 is 0 Å². The van der Waals surface area contributed by atoms with Crippen LogP contribution in [0, 0.1) is 0 Å². The third kappa shape index (κ3) is 6.75. The molecule has 1 aliphatic rings. The van der Waals surface area contributed by atoms with Gasteiger partial charge in [-0.05, 0) is 43.1 Å². The van der Waals surface area contributed by atoms with Crippen molar-refractivity contribution in [3.05, 3.63) is 76.9 Å². The van der Waals surface area contributed by atoms with Crippen molar-refractivity contribution in [2.45, 2.75) is 18.9 Å². The first kappa shape index (κ1) is 27.1. The summed E-state index contributed by atoms with van der Waals surface area (Å²) in [5.41, 5.74) is 3.10. The molecule has 0 aliphatic carbocycles. The number of aryl methyl sites for hydroxylation is 1. The Morgan fingerprint density at radius 2 is 1.79 bits per heavy atom. The number of nitrogens with zero attached hydrogens (tertiary/aromatic N) is 4. The number of fused-ring (bicyclic) bond motifs is 1. The van der Waals surface area contributed by atoms with Gasteiger partial charge in [0.05, 0.1) is 18.1 Å². The van der Waals surface area contributed by atoms with Crippen LogP contribution in [0.25, 0.3) is 22.4 Å². The van der Waals surface area contributed by atoms with Gasteiger partial charge in [0.1, 0.15) is 17.2 Å². The minimum atomic E-state index is -0.933. The number of H-pyrrole nitrogens is 1. The number of aliphatic hydroxyl groups excluding tert-OH is 2. The number of carbonyl (C=O) groups is 1. The van der Waals surface area contributed by atoms with Gasteiger partial charge in [-0.1, -0.05) is 54.1 Å². The molecule has 5 rings (SSSR count). The molecule has 0 saturated carbocycles. The Bertz CT molecular complexity index is 1390. The van der Waals surface area contributed by atoms with Gasteiger partial charge >= 0.3 is 0 Å². The summed E-state index contributed by atoms with van der Waals surface area (Å²) >= 11 is 5.98. The maximum atomic E-state index is 13.4. The maximum absolute atomic E-state index is 13.4. The second kappa shape index (κ2) is 12.6. The van der Waals surface area contributed by atoms with Gasteiger partial charge in [0.15, 0.2) is 5.82 Å². The van der Waals surface area contributed by atoms with Crippen LogP contribution in [-0.4, -0.2) is 92.9 Å². The van der Waals surface area contributed by atoms with Crippen LogP contribution >= 0.6 is 11.6 Å². The van der Waals surface area contributed by atoms with Crippen molar-refractivity contribution in [2.24, 2.45) is 0 Å². The third-order valence-electron chi connectivity index (χ3n) is 6.98. The van der Waals surface area contributed by atoms with E-state index in [0.29, 0.717) is 41.5 Å². The Morgan fingerprint density at radius 1 is 1.05 bits per heavy atom. The number of nitrogens with one attached hydrogen (secondary N) is 2. The smallest absolute Gasteiger partial charge is 0.270 e. The minimum absolute atomic E-state index is 0.0728.